The molecule has 0 saturated heterocycles. The Balaban J connectivity index is 2.13. The molecule has 0 aliphatic heterocycles. The van der Waals surface area contributed by atoms with E-state index in [9.17, 15) is 13.2 Å². The van der Waals surface area contributed by atoms with Crippen molar-refractivity contribution >= 4 is 33.3 Å². The largest absolute Gasteiger partial charge is 0.467 e. The Bertz CT molecular complexity index is 893. The van der Waals surface area contributed by atoms with Gasteiger partial charge in [0.15, 0.2) is 5.11 Å². The molecule has 1 amide bonds. The Morgan fingerprint density at radius 1 is 1.31 bits per heavy atom. The van der Waals surface area contributed by atoms with Crippen LogP contribution in [-0.4, -0.2) is 26.5 Å². The topological polar surface area (TPSA) is 100 Å². The van der Waals surface area contributed by atoms with Gasteiger partial charge in [0.25, 0.3) is 10.0 Å². The van der Waals surface area contributed by atoms with Crippen molar-refractivity contribution in [2.24, 2.45) is 0 Å². The third kappa shape index (κ3) is 5.06. The molecule has 26 heavy (non-hydrogen) atoms. The molecule has 0 radical (unpaired) electrons. The van der Waals surface area contributed by atoms with Crippen LogP contribution in [0.1, 0.15) is 29.9 Å². The highest BCUT2D eigenvalue weighted by Gasteiger charge is 2.19. The van der Waals surface area contributed by atoms with Crippen molar-refractivity contribution in [2.45, 2.75) is 31.2 Å². The number of hydrogen-bond donors (Lipinski definition) is 3. The lowest BCUT2D eigenvalue weighted by Crippen LogP contribution is -2.37. The van der Waals surface area contributed by atoms with Crippen LogP contribution in [0, 0.1) is 6.92 Å². The lowest BCUT2D eigenvalue weighted by atomic mass is 10.1. The van der Waals surface area contributed by atoms with Crippen molar-refractivity contribution in [1.82, 2.24) is 15.4 Å². The summed E-state index contributed by atoms with van der Waals surface area (Å²) in [5, 5.41) is 5.38. The summed E-state index contributed by atoms with van der Waals surface area (Å²) in [4.78, 5) is 12.3. The zero-order valence-corrected chi connectivity index (χ0v) is 16.3. The average molecular weight is 396 g/mol. The molecule has 0 fully saturated rings. The first-order valence-corrected chi connectivity index (χ1v) is 9.79. The molecule has 1 heterocycles. The number of carbonyl (C=O) groups is 1. The number of aryl methyl sites for hydroxylation is 1. The quantitative estimate of drug-likeness (QED) is 0.645. The summed E-state index contributed by atoms with van der Waals surface area (Å²) in [6, 6.07) is 8.11. The fraction of sp³-hybridized carbons (Fsp3) is 0.294. The molecule has 0 aliphatic carbocycles. The highest BCUT2D eigenvalue weighted by Crippen LogP contribution is 2.18. The van der Waals surface area contributed by atoms with Crippen LogP contribution in [-0.2, 0) is 21.2 Å². The van der Waals surface area contributed by atoms with Gasteiger partial charge in [-0.3, -0.25) is 9.52 Å². The van der Waals surface area contributed by atoms with Crippen molar-refractivity contribution < 1.29 is 17.6 Å². The predicted octanol–water partition coefficient (Wildman–Crippen LogP) is 1.79. The normalized spacial score (nSPS) is 12.3. The van der Waals surface area contributed by atoms with Gasteiger partial charge in [0, 0.05) is 7.05 Å². The molecule has 140 valence electrons. The van der Waals surface area contributed by atoms with E-state index in [4.69, 9.17) is 16.6 Å². The number of thiocarbonyl (C=S) groups is 1. The molecule has 0 aliphatic rings. The van der Waals surface area contributed by atoms with Crippen molar-refractivity contribution in [3.05, 3.63) is 53.5 Å². The maximum absolute atomic E-state index is 12.4. The number of benzene rings is 1. The number of hydrogen-bond acceptors (Lipinski definition) is 5. The van der Waals surface area contributed by atoms with Gasteiger partial charge >= 0.3 is 0 Å². The van der Waals surface area contributed by atoms with Gasteiger partial charge < -0.3 is 15.1 Å². The minimum Gasteiger partial charge on any atom is -0.467 e. The Kier molecular flexibility index (Phi) is 6.38. The molecule has 0 saturated carbocycles. The van der Waals surface area contributed by atoms with E-state index in [0.717, 1.165) is 0 Å². The minimum atomic E-state index is -3.82. The zero-order chi connectivity index (χ0) is 19.3. The number of furan rings is 1. The molecule has 9 heteroatoms. The SMILES string of the molecule is CNC(=S)NS(=O)(=O)c1cc(CC(=O)NC(C)c2ccco2)ccc1C. The summed E-state index contributed by atoms with van der Waals surface area (Å²) in [7, 11) is -2.29. The van der Waals surface area contributed by atoms with E-state index >= 15 is 0 Å². The van der Waals surface area contributed by atoms with Gasteiger partial charge in [-0.05, 0) is 55.4 Å². The molecule has 1 aromatic heterocycles. The maximum Gasteiger partial charge on any atom is 0.263 e. The standard InChI is InChI=1S/C17H21N3O4S2/c1-11-6-7-13(9-15(11)26(22,23)20-17(25)18-3)10-16(21)19-12(2)14-5-4-8-24-14/h4-9,12H,10H2,1-3H3,(H,19,21)(H2,18,20,25). The molecule has 7 nitrogen and oxygen atoms in total. The lowest BCUT2D eigenvalue weighted by molar-refractivity contribution is -0.121. The summed E-state index contributed by atoms with van der Waals surface area (Å²) < 4.78 is 32.4. The second kappa shape index (κ2) is 8.33. The number of amides is 1. The first-order valence-electron chi connectivity index (χ1n) is 7.89. The second-order valence-corrected chi connectivity index (χ2v) is 7.82. The van der Waals surface area contributed by atoms with Crippen molar-refractivity contribution in [1.29, 1.82) is 0 Å². The summed E-state index contributed by atoms with van der Waals surface area (Å²) in [6.07, 6.45) is 1.59. The second-order valence-electron chi connectivity index (χ2n) is 5.77. The van der Waals surface area contributed by atoms with Crippen molar-refractivity contribution in [2.75, 3.05) is 7.05 Å². The van der Waals surface area contributed by atoms with E-state index in [1.807, 2.05) is 6.92 Å². The van der Waals surface area contributed by atoms with Crippen LogP contribution >= 0.6 is 12.2 Å². The number of sulfonamides is 1. The van der Waals surface area contributed by atoms with Crippen LogP contribution in [0.4, 0.5) is 0 Å². The number of carbonyl (C=O) groups excluding carboxylic acids is 1. The van der Waals surface area contributed by atoms with Crippen LogP contribution in [0.5, 0.6) is 0 Å². The van der Waals surface area contributed by atoms with Gasteiger partial charge in [0.2, 0.25) is 5.91 Å². The van der Waals surface area contributed by atoms with Gasteiger partial charge in [-0.15, -0.1) is 0 Å². The van der Waals surface area contributed by atoms with Gasteiger partial charge in [0.1, 0.15) is 5.76 Å². The first-order chi connectivity index (χ1) is 12.2. The third-order valence-corrected chi connectivity index (χ3v) is 5.64. The smallest absolute Gasteiger partial charge is 0.263 e. The van der Waals surface area contributed by atoms with E-state index in [2.05, 4.69) is 15.4 Å². The average Bonchev–Trinajstić information content (AvgIpc) is 3.10. The van der Waals surface area contributed by atoms with E-state index in [-0.39, 0.29) is 28.4 Å². The Morgan fingerprint density at radius 3 is 2.65 bits per heavy atom. The van der Waals surface area contributed by atoms with Gasteiger partial charge in [-0.2, -0.15) is 0 Å². The van der Waals surface area contributed by atoms with Crippen LogP contribution in [0.15, 0.2) is 45.9 Å². The Hall–Kier alpha value is -2.39. The zero-order valence-electron chi connectivity index (χ0n) is 14.7. The molecule has 1 atom stereocenters. The molecule has 1 unspecified atom stereocenters. The van der Waals surface area contributed by atoms with Gasteiger partial charge in [-0.25, -0.2) is 8.42 Å². The summed E-state index contributed by atoms with van der Waals surface area (Å²) >= 11 is 4.86. The Morgan fingerprint density at radius 2 is 2.04 bits per heavy atom. The monoisotopic (exact) mass is 395 g/mol. The van der Waals surface area contributed by atoms with Crippen LogP contribution in [0.3, 0.4) is 0 Å². The van der Waals surface area contributed by atoms with Crippen molar-refractivity contribution in [3.63, 3.8) is 0 Å². The first kappa shape index (κ1) is 19.9. The fourth-order valence-corrected chi connectivity index (χ4v) is 3.94. The minimum absolute atomic E-state index is 0.000168. The summed E-state index contributed by atoms with van der Waals surface area (Å²) in [5.41, 5.74) is 1.14. The van der Waals surface area contributed by atoms with Crippen LogP contribution in [0.25, 0.3) is 0 Å². The lowest BCUT2D eigenvalue weighted by Gasteiger charge is -2.14. The molecule has 2 aromatic rings. The summed E-state index contributed by atoms with van der Waals surface area (Å²) in [6.45, 7) is 3.49. The summed E-state index contributed by atoms with van der Waals surface area (Å²) in [5.74, 6) is 0.412. The molecular formula is C17H21N3O4S2. The highest BCUT2D eigenvalue weighted by molar-refractivity contribution is 7.91. The molecule has 2 rings (SSSR count). The van der Waals surface area contributed by atoms with E-state index in [1.165, 1.54) is 19.4 Å². The predicted molar refractivity (Wildman–Crippen MR) is 102 cm³/mol. The maximum atomic E-state index is 12.4. The molecule has 0 bridgehead atoms. The van der Waals surface area contributed by atoms with Crippen LogP contribution in [0.2, 0.25) is 0 Å². The van der Waals surface area contributed by atoms with Gasteiger partial charge in [0.05, 0.1) is 23.6 Å². The molecular weight excluding hydrogens is 374 g/mol. The molecule has 3 N–H and O–H groups in total. The van der Waals surface area contributed by atoms with E-state index in [0.29, 0.717) is 16.9 Å². The molecule has 1 aromatic carbocycles. The fourth-order valence-electron chi connectivity index (χ4n) is 2.36. The third-order valence-electron chi connectivity index (χ3n) is 3.71. The van der Waals surface area contributed by atoms with E-state index < -0.39 is 10.0 Å². The Labute approximate surface area is 158 Å². The number of rotatable bonds is 6. The van der Waals surface area contributed by atoms with Crippen molar-refractivity contribution in [3.8, 4) is 0 Å². The van der Waals surface area contributed by atoms with Crippen LogP contribution < -0.4 is 15.4 Å². The van der Waals surface area contributed by atoms with E-state index in [1.54, 1.807) is 31.2 Å². The number of nitrogens with one attached hydrogen (secondary N) is 3. The van der Waals surface area contributed by atoms with Gasteiger partial charge in [-0.1, -0.05) is 12.1 Å². The molecule has 0 spiro atoms. The highest BCUT2D eigenvalue weighted by atomic mass is 32.2.